The van der Waals surface area contributed by atoms with Crippen molar-refractivity contribution in [2.45, 2.75) is 120 Å². The van der Waals surface area contributed by atoms with E-state index >= 15 is 0 Å². The van der Waals surface area contributed by atoms with Crippen molar-refractivity contribution in [3.8, 4) is 6.07 Å². The molecule has 0 radical (unpaired) electrons. The first-order chi connectivity index (χ1) is 20.4. The number of nitriles is 1. The van der Waals surface area contributed by atoms with Crippen LogP contribution in [0.25, 0.3) is 0 Å². The molecule has 0 aromatic carbocycles. The van der Waals surface area contributed by atoms with Gasteiger partial charge in [-0.2, -0.15) is 5.26 Å². The summed E-state index contributed by atoms with van der Waals surface area (Å²) in [6.07, 6.45) is 11.6. The van der Waals surface area contributed by atoms with Gasteiger partial charge in [-0.1, -0.05) is 80.0 Å². The first-order valence-electron chi connectivity index (χ1n) is 17.2. The predicted octanol–water partition coefficient (Wildman–Crippen LogP) is 7.59. The lowest BCUT2D eigenvalue weighted by atomic mass is 9.34. The molecular formula is C38H56N2O4. The van der Waals surface area contributed by atoms with E-state index in [-0.39, 0.29) is 51.7 Å². The molecule has 1 amide bonds. The van der Waals surface area contributed by atoms with Crippen LogP contribution in [-0.4, -0.2) is 30.8 Å². The van der Waals surface area contributed by atoms with Crippen LogP contribution in [0.15, 0.2) is 23.3 Å². The Hall–Kier alpha value is -2.42. The summed E-state index contributed by atoms with van der Waals surface area (Å²) in [6, 6.07) is 1.63. The number of ketones is 1. The third kappa shape index (κ3) is 4.41. The smallest absolute Gasteiger partial charge is 0.328 e. The molecule has 1 N–H and O–H groups in total. The molecule has 5 rings (SSSR count). The van der Waals surface area contributed by atoms with Gasteiger partial charge in [0.1, 0.15) is 12.1 Å². The second kappa shape index (κ2) is 10.8. The standard InChI is InChI=1S/C38H56N2O4/c1-22(2)19-27(32(42)44-10)40-33(43)38-16-13-23(3)24(4)30(38)26-11-12-29-35(7)20-25(21-39)31(41)34(5,6)28(35)14-15-37(29,9)36(26,8)17-18-38/h11,20,22-24,27-30H,12-19H2,1-10H3,(H,40,43)/t23-,24+,27?,28+,29-,30+,35+,36-,37-,38+/m1/s1. The van der Waals surface area contributed by atoms with Crippen LogP contribution in [0.1, 0.15) is 114 Å². The van der Waals surface area contributed by atoms with E-state index in [2.05, 4.69) is 85.9 Å². The summed E-state index contributed by atoms with van der Waals surface area (Å²) in [4.78, 5) is 40.7. The largest absolute Gasteiger partial charge is 0.467 e. The molecule has 44 heavy (non-hydrogen) atoms. The van der Waals surface area contributed by atoms with Crippen LogP contribution in [0.4, 0.5) is 0 Å². The van der Waals surface area contributed by atoms with Gasteiger partial charge in [0.2, 0.25) is 5.91 Å². The molecule has 5 aliphatic carbocycles. The topological polar surface area (TPSA) is 96.3 Å². The summed E-state index contributed by atoms with van der Waals surface area (Å²) in [5.41, 5.74) is 0.266. The number of fused-ring (bicyclic) bond motifs is 7. The Morgan fingerprint density at radius 2 is 1.73 bits per heavy atom. The monoisotopic (exact) mass is 604 g/mol. The zero-order chi connectivity index (χ0) is 32.6. The summed E-state index contributed by atoms with van der Waals surface area (Å²) >= 11 is 0. The highest BCUT2D eigenvalue weighted by Crippen LogP contribution is 2.75. The lowest BCUT2D eigenvalue weighted by Gasteiger charge is -2.70. The Morgan fingerprint density at radius 1 is 1.05 bits per heavy atom. The molecule has 0 bridgehead atoms. The Labute approximate surface area is 265 Å². The Morgan fingerprint density at radius 3 is 2.34 bits per heavy atom. The van der Waals surface area contributed by atoms with Crippen LogP contribution in [-0.2, 0) is 19.1 Å². The molecule has 0 heterocycles. The van der Waals surface area contributed by atoms with Crippen LogP contribution in [0.5, 0.6) is 0 Å². The molecule has 3 saturated carbocycles. The van der Waals surface area contributed by atoms with E-state index < -0.39 is 16.9 Å². The minimum absolute atomic E-state index is 0.00876. The van der Waals surface area contributed by atoms with E-state index in [9.17, 15) is 19.6 Å². The van der Waals surface area contributed by atoms with Gasteiger partial charge in [0.05, 0.1) is 18.1 Å². The molecule has 10 atom stereocenters. The number of Topliss-reactive ketones (excluding diaryl/α,β-unsaturated/α-hetero) is 1. The van der Waals surface area contributed by atoms with Gasteiger partial charge in [-0.15, -0.1) is 0 Å². The molecule has 3 fully saturated rings. The van der Waals surface area contributed by atoms with Crippen molar-refractivity contribution in [2.24, 2.45) is 62.6 Å². The van der Waals surface area contributed by atoms with Gasteiger partial charge < -0.3 is 10.1 Å². The Kier molecular flexibility index (Phi) is 8.12. The van der Waals surface area contributed by atoms with E-state index in [1.54, 1.807) is 0 Å². The third-order valence-electron chi connectivity index (χ3n) is 14.4. The third-order valence-corrected chi connectivity index (χ3v) is 14.4. The lowest BCUT2D eigenvalue weighted by molar-refractivity contribution is -0.169. The maximum absolute atomic E-state index is 14.6. The van der Waals surface area contributed by atoms with Crippen LogP contribution >= 0.6 is 0 Å². The number of rotatable bonds is 5. The SMILES string of the molecule is COC(=O)C(CC(C)C)NC(=O)[C@]12CC[C@@H](C)[C@H](C)[C@H]1C1=CC[C@@H]3[C@@]4(C)C=C(C#N)C(=O)C(C)(C)[C@@H]4CC[C@@]3(C)[C@]1(C)CC2. The molecule has 1 unspecified atom stereocenters. The van der Waals surface area contributed by atoms with Gasteiger partial charge in [0.25, 0.3) is 0 Å². The van der Waals surface area contributed by atoms with E-state index in [1.165, 1.54) is 12.7 Å². The number of nitrogens with one attached hydrogen (secondary N) is 1. The fourth-order valence-electron chi connectivity index (χ4n) is 11.6. The lowest BCUT2D eigenvalue weighted by Crippen LogP contribution is -2.65. The normalized spacial score (nSPS) is 43.1. The highest BCUT2D eigenvalue weighted by Gasteiger charge is 2.69. The van der Waals surface area contributed by atoms with E-state index in [1.807, 2.05) is 0 Å². The minimum Gasteiger partial charge on any atom is -0.467 e. The average molecular weight is 605 g/mol. The number of esters is 1. The van der Waals surface area contributed by atoms with Crippen LogP contribution in [0.3, 0.4) is 0 Å². The number of hydrogen-bond donors (Lipinski definition) is 1. The van der Waals surface area contributed by atoms with E-state index in [4.69, 9.17) is 4.74 Å². The number of hydrogen-bond acceptors (Lipinski definition) is 5. The maximum atomic E-state index is 14.6. The van der Waals surface area contributed by atoms with Gasteiger partial charge in [0.15, 0.2) is 5.78 Å². The van der Waals surface area contributed by atoms with Gasteiger partial charge in [-0.05, 0) is 103 Å². The molecule has 242 valence electrons. The molecule has 0 aliphatic heterocycles. The number of amides is 1. The highest BCUT2D eigenvalue weighted by atomic mass is 16.5. The van der Waals surface area contributed by atoms with Crippen molar-refractivity contribution in [3.05, 3.63) is 23.3 Å². The maximum Gasteiger partial charge on any atom is 0.328 e. The first-order valence-corrected chi connectivity index (χ1v) is 17.2. The number of allylic oxidation sites excluding steroid dienone is 4. The Bertz CT molecular complexity index is 1340. The fourth-order valence-corrected chi connectivity index (χ4v) is 11.6. The second-order valence-corrected chi connectivity index (χ2v) is 17.1. The molecule has 0 aromatic heterocycles. The molecule has 6 heteroatoms. The van der Waals surface area contributed by atoms with Crippen molar-refractivity contribution in [3.63, 3.8) is 0 Å². The van der Waals surface area contributed by atoms with Crippen molar-refractivity contribution in [1.82, 2.24) is 5.32 Å². The fraction of sp³-hybridized carbons (Fsp3) is 0.789. The minimum atomic E-state index is -0.638. The van der Waals surface area contributed by atoms with Crippen LogP contribution in [0.2, 0.25) is 0 Å². The summed E-state index contributed by atoms with van der Waals surface area (Å²) in [7, 11) is 1.40. The number of methoxy groups -OCH3 is 1. The zero-order valence-corrected chi connectivity index (χ0v) is 28.9. The number of ether oxygens (including phenoxy) is 1. The molecule has 5 aliphatic rings. The summed E-state index contributed by atoms with van der Waals surface area (Å²) in [6.45, 7) is 20.2. The molecule has 0 aromatic rings. The number of carbonyl (C=O) groups excluding carboxylic acids is 3. The molecule has 6 nitrogen and oxygen atoms in total. The van der Waals surface area contributed by atoms with Crippen molar-refractivity contribution < 1.29 is 19.1 Å². The van der Waals surface area contributed by atoms with Crippen LogP contribution < -0.4 is 5.32 Å². The van der Waals surface area contributed by atoms with Crippen molar-refractivity contribution in [2.75, 3.05) is 7.11 Å². The summed E-state index contributed by atoms with van der Waals surface area (Å²) in [5.74, 6) is 1.33. The van der Waals surface area contributed by atoms with E-state index in [0.717, 1.165) is 44.9 Å². The molecule has 0 spiro atoms. The van der Waals surface area contributed by atoms with Gasteiger partial charge in [0, 0.05) is 5.41 Å². The van der Waals surface area contributed by atoms with Gasteiger partial charge in [-0.3, -0.25) is 9.59 Å². The van der Waals surface area contributed by atoms with Crippen molar-refractivity contribution >= 4 is 17.7 Å². The first kappa shape index (κ1) is 33.0. The number of nitrogens with zero attached hydrogens (tertiary/aromatic N) is 1. The quantitative estimate of drug-likeness (QED) is 0.258. The summed E-state index contributed by atoms with van der Waals surface area (Å²) in [5, 5.41) is 13.2. The van der Waals surface area contributed by atoms with E-state index in [0.29, 0.717) is 29.7 Å². The molecular weight excluding hydrogens is 548 g/mol. The summed E-state index contributed by atoms with van der Waals surface area (Å²) < 4.78 is 5.13. The zero-order valence-electron chi connectivity index (χ0n) is 28.9. The molecule has 0 saturated heterocycles. The average Bonchev–Trinajstić information content (AvgIpc) is 2.96. The predicted molar refractivity (Wildman–Crippen MR) is 172 cm³/mol. The van der Waals surface area contributed by atoms with Gasteiger partial charge >= 0.3 is 5.97 Å². The van der Waals surface area contributed by atoms with Gasteiger partial charge in [-0.25, -0.2) is 4.79 Å². The highest BCUT2D eigenvalue weighted by molar-refractivity contribution is 6.04. The Balaban J connectivity index is 1.59. The second-order valence-electron chi connectivity index (χ2n) is 17.1. The van der Waals surface area contributed by atoms with Crippen LogP contribution in [0, 0.1) is 73.9 Å². The number of carbonyl (C=O) groups is 3. The van der Waals surface area contributed by atoms with Crippen molar-refractivity contribution in [1.29, 1.82) is 5.26 Å².